The van der Waals surface area contributed by atoms with Crippen LogP contribution in [0.15, 0.2) is 48.5 Å². The number of carbonyl (C=O) groups is 3. The van der Waals surface area contributed by atoms with Crippen LogP contribution in [0.1, 0.15) is 49.5 Å². The van der Waals surface area contributed by atoms with E-state index in [-0.39, 0.29) is 24.3 Å². The number of carbonyl (C=O) groups excluding carboxylic acids is 3. The average molecular weight is 447 g/mol. The molecule has 0 N–H and O–H groups in total. The largest absolute Gasteiger partial charge is 0.336 e. The van der Waals surface area contributed by atoms with Crippen LogP contribution in [0.25, 0.3) is 0 Å². The molecule has 0 spiro atoms. The van der Waals surface area contributed by atoms with Gasteiger partial charge in [-0.05, 0) is 56.3 Å². The second-order valence-electron chi connectivity index (χ2n) is 9.33. The monoisotopic (exact) mass is 446 g/mol. The van der Waals surface area contributed by atoms with E-state index in [4.69, 9.17) is 0 Å². The molecule has 0 aromatic heterocycles. The van der Waals surface area contributed by atoms with Gasteiger partial charge in [0.2, 0.25) is 0 Å². The first-order chi connectivity index (χ1) is 16.0. The van der Waals surface area contributed by atoms with Gasteiger partial charge in [-0.15, -0.1) is 0 Å². The van der Waals surface area contributed by atoms with Crippen molar-refractivity contribution in [1.29, 1.82) is 0 Å². The van der Waals surface area contributed by atoms with Crippen molar-refractivity contribution in [3.05, 3.63) is 70.8 Å². The number of likely N-dealkylation sites (N-methyl/N-ethyl adjacent to an activating group) is 1. The Kier molecular flexibility index (Phi) is 6.00. The van der Waals surface area contributed by atoms with E-state index >= 15 is 0 Å². The summed E-state index contributed by atoms with van der Waals surface area (Å²) in [4.78, 5) is 46.3. The zero-order valence-electron chi connectivity index (χ0n) is 19.1. The van der Waals surface area contributed by atoms with E-state index in [9.17, 15) is 14.4 Å². The van der Waals surface area contributed by atoms with Crippen molar-refractivity contribution in [2.75, 3.05) is 46.3 Å². The fourth-order valence-corrected chi connectivity index (χ4v) is 5.23. The van der Waals surface area contributed by atoms with Gasteiger partial charge in [0, 0.05) is 44.3 Å². The van der Waals surface area contributed by atoms with Gasteiger partial charge in [0.05, 0.1) is 17.7 Å². The summed E-state index contributed by atoms with van der Waals surface area (Å²) in [6.07, 6.45) is 2.49. The van der Waals surface area contributed by atoms with E-state index in [1.165, 1.54) is 24.3 Å². The van der Waals surface area contributed by atoms with Crippen LogP contribution in [0.3, 0.4) is 0 Å². The molecule has 1 atom stereocenters. The van der Waals surface area contributed by atoms with Crippen LogP contribution in [0, 0.1) is 0 Å². The quantitative estimate of drug-likeness (QED) is 0.675. The van der Waals surface area contributed by atoms with E-state index in [1.807, 2.05) is 17.0 Å². The van der Waals surface area contributed by atoms with Crippen LogP contribution in [0.2, 0.25) is 0 Å². The zero-order chi connectivity index (χ0) is 22.9. The van der Waals surface area contributed by atoms with Gasteiger partial charge in [0.1, 0.15) is 0 Å². The molecule has 0 saturated carbocycles. The molecule has 0 radical (unpaired) electrons. The highest BCUT2D eigenvalue weighted by Crippen LogP contribution is 2.24. The number of benzene rings is 2. The van der Waals surface area contributed by atoms with E-state index < -0.39 is 0 Å². The highest BCUT2D eigenvalue weighted by molar-refractivity contribution is 6.21. The van der Waals surface area contributed by atoms with Crippen molar-refractivity contribution >= 4 is 17.7 Å². The second kappa shape index (κ2) is 9.08. The summed E-state index contributed by atoms with van der Waals surface area (Å²) in [5.74, 6) is -0.488. The van der Waals surface area contributed by atoms with Gasteiger partial charge in [0.15, 0.2) is 0 Å². The minimum absolute atomic E-state index is 0.0442. The molecule has 0 bridgehead atoms. The molecule has 2 aromatic rings. The Labute approximate surface area is 194 Å². The van der Waals surface area contributed by atoms with Gasteiger partial charge in [-0.1, -0.05) is 24.3 Å². The number of nitrogens with zero attached hydrogens (tertiary/aromatic N) is 4. The van der Waals surface area contributed by atoms with Crippen LogP contribution in [-0.4, -0.2) is 89.7 Å². The number of likely N-dealkylation sites (tertiary alicyclic amines) is 1. The molecule has 2 fully saturated rings. The lowest BCUT2D eigenvalue weighted by atomic mass is 10.0. The molecule has 7 heteroatoms. The predicted molar refractivity (Wildman–Crippen MR) is 125 cm³/mol. The summed E-state index contributed by atoms with van der Waals surface area (Å²) in [6.45, 7) is 5.83. The Morgan fingerprint density at radius 2 is 1.52 bits per heavy atom. The summed E-state index contributed by atoms with van der Waals surface area (Å²) in [6, 6.07) is 14.8. The molecule has 3 amide bonds. The normalized spacial score (nSPS) is 22.0. The number of hydrogen-bond acceptors (Lipinski definition) is 5. The maximum atomic E-state index is 13.0. The van der Waals surface area contributed by atoms with E-state index in [0.717, 1.165) is 38.3 Å². The van der Waals surface area contributed by atoms with Crippen LogP contribution in [0.5, 0.6) is 0 Å². The lowest BCUT2D eigenvalue weighted by molar-refractivity contribution is 0.0452. The summed E-state index contributed by atoms with van der Waals surface area (Å²) in [5, 5.41) is 0. The highest BCUT2D eigenvalue weighted by Gasteiger charge is 2.35. The first-order valence-electron chi connectivity index (χ1n) is 11.8. The van der Waals surface area contributed by atoms with Crippen molar-refractivity contribution in [1.82, 2.24) is 19.6 Å². The first kappa shape index (κ1) is 21.8. The SMILES string of the molecule is CN1CCCC(N2CCN(C(=O)c3ccc(CN4C(=O)c5ccccc5C4=O)cc3)CC2)C1. The molecule has 33 heavy (non-hydrogen) atoms. The van der Waals surface area contributed by atoms with Gasteiger partial charge in [-0.3, -0.25) is 24.2 Å². The third kappa shape index (κ3) is 4.30. The lowest BCUT2D eigenvalue weighted by Crippen LogP contribution is -2.55. The smallest absolute Gasteiger partial charge is 0.261 e. The lowest BCUT2D eigenvalue weighted by Gasteiger charge is -2.42. The Morgan fingerprint density at radius 3 is 2.12 bits per heavy atom. The van der Waals surface area contributed by atoms with Crippen molar-refractivity contribution in [2.24, 2.45) is 0 Å². The predicted octanol–water partition coefficient (Wildman–Crippen LogP) is 2.33. The number of rotatable bonds is 4. The minimum atomic E-state index is -0.266. The van der Waals surface area contributed by atoms with Gasteiger partial charge in [-0.2, -0.15) is 0 Å². The van der Waals surface area contributed by atoms with Crippen molar-refractivity contribution in [3.8, 4) is 0 Å². The molecule has 3 heterocycles. The molecule has 172 valence electrons. The number of hydrogen-bond donors (Lipinski definition) is 0. The molecular weight excluding hydrogens is 416 g/mol. The van der Waals surface area contributed by atoms with Crippen LogP contribution in [0.4, 0.5) is 0 Å². The number of piperidine rings is 1. The summed E-state index contributed by atoms with van der Waals surface area (Å²) in [7, 11) is 2.18. The van der Waals surface area contributed by atoms with Gasteiger partial charge in [0.25, 0.3) is 17.7 Å². The Morgan fingerprint density at radius 1 is 0.879 bits per heavy atom. The molecular formula is C26H30N4O3. The van der Waals surface area contributed by atoms with Crippen molar-refractivity contribution in [2.45, 2.75) is 25.4 Å². The zero-order valence-corrected chi connectivity index (χ0v) is 19.1. The summed E-state index contributed by atoms with van der Waals surface area (Å²) >= 11 is 0. The van der Waals surface area contributed by atoms with Crippen molar-refractivity contribution in [3.63, 3.8) is 0 Å². The summed E-state index contributed by atoms with van der Waals surface area (Å²) < 4.78 is 0. The van der Waals surface area contributed by atoms with Crippen molar-refractivity contribution < 1.29 is 14.4 Å². The molecule has 5 rings (SSSR count). The Balaban J connectivity index is 1.18. The highest BCUT2D eigenvalue weighted by atomic mass is 16.2. The summed E-state index contributed by atoms with van der Waals surface area (Å²) in [5.41, 5.74) is 2.38. The third-order valence-corrected chi connectivity index (χ3v) is 7.14. The number of amides is 3. The number of piperazine rings is 1. The molecule has 2 saturated heterocycles. The standard InChI is InChI=1S/C26H30N4O3/c1-27-12-4-5-21(18-27)28-13-15-29(16-14-28)24(31)20-10-8-19(9-11-20)17-30-25(32)22-6-2-3-7-23(22)26(30)33/h2-3,6-11,21H,4-5,12-18H2,1H3. The van der Waals surface area contributed by atoms with Crippen LogP contribution in [-0.2, 0) is 6.54 Å². The van der Waals surface area contributed by atoms with Crippen LogP contribution >= 0.6 is 0 Å². The maximum absolute atomic E-state index is 13.0. The van der Waals surface area contributed by atoms with Gasteiger partial charge >= 0.3 is 0 Å². The maximum Gasteiger partial charge on any atom is 0.261 e. The molecule has 2 aromatic carbocycles. The molecule has 0 aliphatic carbocycles. The van der Waals surface area contributed by atoms with E-state index in [2.05, 4.69) is 16.8 Å². The Bertz CT molecular complexity index is 1020. The molecule has 3 aliphatic rings. The molecule has 7 nitrogen and oxygen atoms in total. The second-order valence-corrected chi connectivity index (χ2v) is 9.33. The fraction of sp³-hybridized carbons (Fsp3) is 0.423. The topological polar surface area (TPSA) is 64.2 Å². The van der Waals surface area contributed by atoms with Gasteiger partial charge in [-0.25, -0.2) is 0 Å². The Hall–Kier alpha value is -3.03. The van der Waals surface area contributed by atoms with Gasteiger partial charge < -0.3 is 9.80 Å². The molecule has 1 unspecified atom stereocenters. The fourth-order valence-electron chi connectivity index (χ4n) is 5.23. The average Bonchev–Trinajstić information content (AvgIpc) is 3.09. The van der Waals surface area contributed by atoms with E-state index in [1.54, 1.807) is 36.4 Å². The third-order valence-electron chi connectivity index (χ3n) is 7.14. The number of fused-ring (bicyclic) bond motifs is 1. The number of imide groups is 1. The van der Waals surface area contributed by atoms with Crippen LogP contribution < -0.4 is 0 Å². The van der Waals surface area contributed by atoms with E-state index in [0.29, 0.717) is 22.7 Å². The molecule has 3 aliphatic heterocycles. The first-order valence-corrected chi connectivity index (χ1v) is 11.8. The minimum Gasteiger partial charge on any atom is -0.336 e.